The average molecular weight is 370 g/mol. The van der Waals surface area contributed by atoms with Gasteiger partial charge < -0.3 is 24.3 Å². The summed E-state index contributed by atoms with van der Waals surface area (Å²) < 4.78 is 21.5. The van der Waals surface area contributed by atoms with Gasteiger partial charge in [0.1, 0.15) is 5.75 Å². The Labute approximate surface area is 158 Å². The average Bonchev–Trinajstić information content (AvgIpc) is 2.71. The zero-order chi connectivity index (χ0) is 19.8. The number of rotatable bonds is 8. The van der Waals surface area contributed by atoms with Crippen LogP contribution in [0, 0.1) is 11.3 Å². The van der Waals surface area contributed by atoms with Crippen molar-refractivity contribution in [3.8, 4) is 29.1 Å². The van der Waals surface area contributed by atoms with E-state index in [1.807, 2.05) is 6.07 Å². The fourth-order valence-corrected chi connectivity index (χ4v) is 2.44. The summed E-state index contributed by atoms with van der Waals surface area (Å²) >= 11 is 0. The topological polar surface area (TPSA) is 89.8 Å². The van der Waals surface area contributed by atoms with Crippen LogP contribution in [0.2, 0.25) is 0 Å². The number of nitrogens with one attached hydrogen (secondary N) is 1. The minimum absolute atomic E-state index is 0.270. The molecule has 1 amide bonds. The first-order chi connectivity index (χ1) is 13.0. The third kappa shape index (κ3) is 5.05. The summed E-state index contributed by atoms with van der Waals surface area (Å²) in [5.74, 6) is 1.77. The smallest absolute Gasteiger partial charge is 0.261 e. The number of benzene rings is 2. The van der Waals surface area contributed by atoms with Gasteiger partial charge in [0.2, 0.25) is 5.75 Å². The van der Waals surface area contributed by atoms with Gasteiger partial charge in [-0.3, -0.25) is 4.79 Å². The van der Waals surface area contributed by atoms with Gasteiger partial charge >= 0.3 is 0 Å². The van der Waals surface area contributed by atoms with Gasteiger partial charge in [-0.25, -0.2) is 0 Å². The summed E-state index contributed by atoms with van der Waals surface area (Å²) in [5, 5.41) is 11.6. The molecule has 0 heterocycles. The molecule has 0 aliphatic carbocycles. The van der Waals surface area contributed by atoms with Gasteiger partial charge in [-0.1, -0.05) is 0 Å². The normalized spacial score (nSPS) is 11.1. The maximum Gasteiger partial charge on any atom is 0.261 e. The number of amides is 1. The molecule has 142 valence electrons. The van der Waals surface area contributed by atoms with Crippen LogP contribution in [-0.2, 0) is 11.3 Å². The third-order valence-electron chi connectivity index (χ3n) is 3.86. The molecular formula is C20H22N2O5. The Morgan fingerprint density at radius 1 is 1.07 bits per heavy atom. The molecule has 0 saturated heterocycles. The number of nitriles is 1. The van der Waals surface area contributed by atoms with Crippen LogP contribution in [0.4, 0.5) is 0 Å². The second-order valence-electron chi connectivity index (χ2n) is 5.65. The lowest BCUT2D eigenvalue weighted by atomic mass is 10.1. The van der Waals surface area contributed by atoms with Gasteiger partial charge in [0.15, 0.2) is 17.6 Å². The minimum Gasteiger partial charge on any atom is -0.493 e. The van der Waals surface area contributed by atoms with Crippen molar-refractivity contribution < 1.29 is 23.7 Å². The number of hydrogen-bond donors (Lipinski definition) is 1. The van der Waals surface area contributed by atoms with E-state index in [1.165, 1.54) is 21.3 Å². The van der Waals surface area contributed by atoms with Crippen LogP contribution in [0.3, 0.4) is 0 Å². The molecule has 0 fully saturated rings. The molecule has 0 spiro atoms. The van der Waals surface area contributed by atoms with E-state index >= 15 is 0 Å². The molecule has 27 heavy (non-hydrogen) atoms. The van der Waals surface area contributed by atoms with Crippen LogP contribution in [-0.4, -0.2) is 33.3 Å². The number of carbonyl (C=O) groups excluding carboxylic acids is 1. The lowest BCUT2D eigenvalue weighted by molar-refractivity contribution is -0.127. The van der Waals surface area contributed by atoms with Gasteiger partial charge in [-0.2, -0.15) is 5.26 Å². The largest absolute Gasteiger partial charge is 0.493 e. The van der Waals surface area contributed by atoms with Crippen LogP contribution < -0.4 is 24.3 Å². The van der Waals surface area contributed by atoms with E-state index in [4.69, 9.17) is 24.2 Å². The quantitative estimate of drug-likeness (QED) is 0.768. The molecule has 0 bridgehead atoms. The highest BCUT2D eigenvalue weighted by atomic mass is 16.5. The fraction of sp³-hybridized carbons (Fsp3) is 0.300. The second-order valence-corrected chi connectivity index (χ2v) is 5.65. The van der Waals surface area contributed by atoms with E-state index in [0.29, 0.717) is 28.6 Å². The first-order valence-corrected chi connectivity index (χ1v) is 8.25. The highest BCUT2D eigenvalue weighted by Crippen LogP contribution is 2.38. The van der Waals surface area contributed by atoms with Crippen molar-refractivity contribution in [2.24, 2.45) is 0 Å². The molecule has 1 atom stereocenters. The standard InChI is InChI=1S/C20H22N2O5/c1-13(27-16-7-5-14(11-21)6-8-16)20(23)22-12-15-9-17(24-2)19(26-4)18(10-15)25-3/h5-10,13H,12H2,1-4H3,(H,22,23)/t13-/m1/s1. The predicted molar refractivity (Wildman–Crippen MR) is 99.2 cm³/mol. The number of ether oxygens (including phenoxy) is 4. The van der Waals surface area contributed by atoms with Crippen LogP contribution >= 0.6 is 0 Å². The Morgan fingerprint density at radius 2 is 1.67 bits per heavy atom. The van der Waals surface area contributed by atoms with Gasteiger partial charge in [0, 0.05) is 6.54 Å². The van der Waals surface area contributed by atoms with Crippen molar-refractivity contribution in [1.29, 1.82) is 5.26 Å². The summed E-state index contributed by atoms with van der Waals surface area (Å²) in [7, 11) is 4.60. The zero-order valence-corrected chi connectivity index (χ0v) is 15.7. The highest BCUT2D eigenvalue weighted by molar-refractivity contribution is 5.80. The van der Waals surface area contributed by atoms with Crippen molar-refractivity contribution in [1.82, 2.24) is 5.32 Å². The first kappa shape index (κ1) is 19.9. The summed E-state index contributed by atoms with van der Waals surface area (Å²) in [5.41, 5.74) is 1.32. The van der Waals surface area contributed by atoms with E-state index in [1.54, 1.807) is 43.3 Å². The molecule has 1 N–H and O–H groups in total. The van der Waals surface area contributed by atoms with Crippen LogP contribution in [0.1, 0.15) is 18.1 Å². The summed E-state index contributed by atoms with van der Waals surface area (Å²) in [6.07, 6.45) is -0.694. The number of methoxy groups -OCH3 is 3. The highest BCUT2D eigenvalue weighted by Gasteiger charge is 2.17. The molecular weight excluding hydrogens is 348 g/mol. The van der Waals surface area contributed by atoms with Gasteiger partial charge in [-0.15, -0.1) is 0 Å². The molecule has 0 aliphatic heterocycles. The molecule has 0 aliphatic rings. The van der Waals surface area contributed by atoms with Crippen LogP contribution in [0.25, 0.3) is 0 Å². The first-order valence-electron chi connectivity index (χ1n) is 8.25. The summed E-state index contributed by atoms with van der Waals surface area (Å²) in [6, 6.07) is 12.2. The predicted octanol–water partition coefficient (Wildman–Crippen LogP) is 2.67. The Balaban J connectivity index is 2.00. The van der Waals surface area contributed by atoms with E-state index < -0.39 is 6.10 Å². The molecule has 0 saturated carbocycles. The summed E-state index contributed by atoms with van der Waals surface area (Å²) in [6.45, 7) is 1.93. The number of nitrogens with zero attached hydrogens (tertiary/aromatic N) is 1. The molecule has 0 unspecified atom stereocenters. The minimum atomic E-state index is -0.694. The molecule has 2 aromatic carbocycles. The summed E-state index contributed by atoms with van der Waals surface area (Å²) in [4.78, 5) is 12.3. The van der Waals surface area contributed by atoms with Crippen molar-refractivity contribution in [3.63, 3.8) is 0 Å². The fourth-order valence-electron chi connectivity index (χ4n) is 2.44. The maximum atomic E-state index is 12.3. The van der Waals surface area contributed by atoms with Crippen molar-refractivity contribution in [2.45, 2.75) is 19.6 Å². The van der Waals surface area contributed by atoms with Gasteiger partial charge in [0.05, 0.1) is 33.0 Å². The van der Waals surface area contributed by atoms with Crippen LogP contribution in [0.15, 0.2) is 36.4 Å². The molecule has 2 rings (SSSR count). The van der Waals surface area contributed by atoms with Gasteiger partial charge in [0.25, 0.3) is 5.91 Å². The van der Waals surface area contributed by atoms with Gasteiger partial charge in [-0.05, 0) is 48.9 Å². The molecule has 7 heteroatoms. The monoisotopic (exact) mass is 370 g/mol. The Hall–Kier alpha value is -3.40. The Kier molecular flexibility index (Phi) is 6.89. The molecule has 7 nitrogen and oxygen atoms in total. The van der Waals surface area contributed by atoms with E-state index in [0.717, 1.165) is 5.56 Å². The Bertz CT molecular complexity index is 802. The molecule has 2 aromatic rings. The van der Waals surface area contributed by atoms with Crippen LogP contribution in [0.5, 0.6) is 23.0 Å². The number of carbonyl (C=O) groups is 1. The lowest BCUT2D eigenvalue weighted by Gasteiger charge is -2.16. The van der Waals surface area contributed by atoms with E-state index in [9.17, 15) is 4.79 Å². The van der Waals surface area contributed by atoms with Crippen molar-refractivity contribution in [3.05, 3.63) is 47.5 Å². The van der Waals surface area contributed by atoms with Crippen molar-refractivity contribution in [2.75, 3.05) is 21.3 Å². The zero-order valence-electron chi connectivity index (χ0n) is 15.7. The lowest BCUT2D eigenvalue weighted by Crippen LogP contribution is -2.35. The maximum absolute atomic E-state index is 12.3. The SMILES string of the molecule is COc1cc(CNC(=O)[C@@H](C)Oc2ccc(C#N)cc2)cc(OC)c1OC. The third-order valence-corrected chi connectivity index (χ3v) is 3.86. The molecule has 0 aromatic heterocycles. The Morgan fingerprint density at radius 3 is 2.15 bits per heavy atom. The van der Waals surface area contributed by atoms with E-state index in [-0.39, 0.29) is 12.5 Å². The number of hydrogen-bond acceptors (Lipinski definition) is 6. The van der Waals surface area contributed by atoms with E-state index in [2.05, 4.69) is 5.32 Å². The second kappa shape index (κ2) is 9.34. The molecule has 0 radical (unpaired) electrons. The van der Waals surface area contributed by atoms with Crippen molar-refractivity contribution >= 4 is 5.91 Å².